The highest BCUT2D eigenvalue weighted by Gasteiger charge is 2.21. The highest BCUT2D eigenvalue weighted by molar-refractivity contribution is 5.90. The van der Waals surface area contributed by atoms with E-state index in [9.17, 15) is 19.2 Å². The first kappa shape index (κ1) is 40.7. The van der Waals surface area contributed by atoms with Crippen LogP contribution in [-0.4, -0.2) is 92.2 Å². The number of unbranched alkanes of at least 4 members (excludes halogenated alkanes) is 6. The molecule has 0 bridgehead atoms. The molecule has 0 spiro atoms. The zero-order valence-electron chi connectivity index (χ0n) is 24.0. The molecule has 0 fully saturated rings. The van der Waals surface area contributed by atoms with Crippen LogP contribution in [0, 0.1) is 0 Å². The summed E-state index contributed by atoms with van der Waals surface area (Å²) in [7, 11) is 0. The third kappa shape index (κ3) is 22.9. The van der Waals surface area contributed by atoms with Crippen LogP contribution in [0.25, 0.3) is 0 Å². The number of nitrogens with two attached hydrogens (primary N) is 1. The van der Waals surface area contributed by atoms with Crippen LogP contribution in [0.4, 0.5) is 0 Å². The van der Waals surface area contributed by atoms with Crippen LogP contribution in [-0.2, 0) is 35.1 Å². The molecule has 0 radical (unpaired) electrons. The molecule has 15 heteroatoms. The fourth-order valence-corrected chi connectivity index (χ4v) is 3.61. The van der Waals surface area contributed by atoms with Gasteiger partial charge in [0.15, 0.2) is 0 Å². The lowest BCUT2D eigenvalue weighted by atomic mass is 10.1. The molecule has 7 N–H and O–H groups in total. The van der Waals surface area contributed by atoms with Crippen LogP contribution < -0.4 is 27.0 Å². The number of aromatic amines is 1. The Morgan fingerprint density at radius 1 is 0.854 bits per heavy atom. The number of carbonyl (C=O) groups is 4. The van der Waals surface area contributed by atoms with Crippen molar-refractivity contribution in [3.63, 3.8) is 0 Å². The minimum absolute atomic E-state index is 0. The second-order valence-electron chi connectivity index (χ2n) is 9.12. The van der Waals surface area contributed by atoms with Crippen molar-refractivity contribution in [1.29, 1.82) is 0 Å². The van der Waals surface area contributed by atoms with Gasteiger partial charge in [0.05, 0.1) is 45.8 Å². The van der Waals surface area contributed by atoms with Crippen LogP contribution in [0.3, 0.4) is 0 Å². The van der Waals surface area contributed by atoms with Crippen LogP contribution in [0.5, 0.6) is 0 Å². The van der Waals surface area contributed by atoms with Crippen molar-refractivity contribution in [3.8, 4) is 0 Å². The zero-order valence-corrected chi connectivity index (χ0v) is 25.7. The molecule has 0 saturated heterocycles. The number of halogens is 2. The molecule has 238 valence electrons. The Balaban J connectivity index is 0. The van der Waals surface area contributed by atoms with Crippen molar-refractivity contribution < 1.29 is 28.7 Å². The largest absolute Gasteiger partial charge is 0.377 e. The number of hydrogen-bond acceptors (Lipinski definition) is 8. The van der Waals surface area contributed by atoms with E-state index >= 15 is 0 Å². The van der Waals surface area contributed by atoms with E-state index in [0.717, 1.165) is 12.8 Å². The zero-order chi connectivity index (χ0) is 28.6. The summed E-state index contributed by atoms with van der Waals surface area (Å²) in [5.41, 5.74) is 5.88. The van der Waals surface area contributed by atoms with Crippen molar-refractivity contribution in [2.75, 3.05) is 52.6 Å². The number of hydrogen-bond donors (Lipinski definition) is 6. The van der Waals surface area contributed by atoms with Crippen molar-refractivity contribution in [2.24, 2.45) is 5.73 Å². The summed E-state index contributed by atoms with van der Waals surface area (Å²) in [6, 6.07) is -0.864. The number of aromatic nitrogens is 2. The van der Waals surface area contributed by atoms with E-state index in [0.29, 0.717) is 38.5 Å². The molecule has 1 rings (SSSR count). The maximum Gasteiger partial charge on any atom is 0.243 e. The van der Waals surface area contributed by atoms with E-state index in [4.69, 9.17) is 15.2 Å². The summed E-state index contributed by atoms with van der Waals surface area (Å²) in [5.74, 6) is -1.32. The Kier molecular flexibility index (Phi) is 27.5. The number of rotatable bonds is 24. The average Bonchev–Trinajstić information content (AvgIpc) is 3.45. The summed E-state index contributed by atoms with van der Waals surface area (Å²) in [6.45, 7) is 3.78. The molecule has 0 saturated carbocycles. The smallest absolute Gasteiger partial charge is 0.243 e. The molecule has 1 aromatic rings. The predicted octanol–water partition coefficient (Wildman–Crippen LogP) is 0.762. The summed E-state index contributed by atoms with van der Waals surface area (Å²) < 4.78 is 10.9. The van der Waals surface area contributed by atoms with E-state index < -0.39 is 23.8 Å². The van der Waals surface area contributed by atoms with Gasteiger partial charge in [-0.1, -0.05) is 45.4 Å². The van der Waals surface area contributed by atoms with Gasteiger partial charge in [0.2, 0.25) is 23.6 Å². The summed E-state index contributed by atoms with van der Waals surface area (Å²) >= 11 is 0. The predicted molar refractivity (Wildman–Crippen MR) is 161 cm³/mol. The van der Waals surface area contributed by atoms with E-state index in [2.05, 4.69) is 38.2 Å². The number of amides is 4. The Morgan fingerprint density at radius 3 is 2.10 bits per heavy atom. The van der Waals surface area contributed by atoms with Gasteiger partial charge in [-0.2, -0.15) is 0 Å². The number of nitrogens with zero attached hydrogens (tertiary/aromatic N) is 1. The minimum Gasteiger partial charge on any atom is -0.377 e. The lowest BCUT2D eigenvalue weighted by Crippen LogP contribution is -2.51. The number of carbonyl (C=O) groups excluding carboxylic acids is 4. The summed E-state index contributed by atoms with van der Waals surface area (Å²) in [4.78, 5) is 54.6. The first-order valence-electron chi connectivity index (χ1n) is 13.9. The molecular formula is C26H49Cl2N7O6. The fraction of sp³-hybridized carbons (Fsp3) is 0.731. The van der Waals surface area contributed by atoms with Crippen molar-refractivity contribution in [3.05, 3.63) is 18.2 Å². The lowest BCUT2D eigenvalue weighted by molar-refractivity contribution is -0.129. The second kappa shape index (κ2) is 27.7. The van der Waals surface area contributed by atoms with Crippen molar-refractivity contribution in [1.82, 2.24) is 31.2 Å². The van der Waals surface area contributed by atoms with Gasteiger partial charge in [-0.25, -0.2) is 4.98 Å². The maximum atomic E-state index is 12.6. The molecule has 0 aliphatic carbocycles. The fourth-order valence-electron chi connectivity index (χ4n) is 3.61. The lowest BCUT2D eigenvalue weighted by Gasteiger charge is -2.18. The Hall–Kier alpha value is -2.45. The van der Waals surface area contributed by atoms with Gasteiger partial charge >= 0.3 is 0 Å². The normalized spacial score (nSPS) is 11.0. The highest BCUT2D eigenvalue weighted by Crippen LogP contribution is 2.08. The van der Waals surface area contributed by atoms with Crippen LogP contribution >= 0.6 is 24.8 Å². The molecule has 0 aromatic carbocycles. The molecule has 41 heavy (non-hydrogen) atoms. The maximum absolute atomic E-state index is 12.6. The Morgan fingerprint density at radius 2 is 1.49 bits per heavy atom. The molecule has 0 unspecified atom stereocenters. The van der Waals surface area contributed by atoms with Crippen molar-refractivity contribution in [2.45, 2.75) is 70.8 Å². The van der Waals surface area contributed by atoms with E-state index in [1.165, 1.54) is 38.4 Å². The van der Waals surface area contributed by atoms with Gasteiger partial charge in [0, 0.05) is 37.8 Å². The summed E-state index contributed by atoms with van der Waals surface area (Å²) in [5, 5.41) is 10.5. The van der Waals surface area contributed by atoms with E-state index in [1.807, 2.05) is 0 Å². The molecular weight excluding hydrogens is 577 g/mol. The molecule has 0 aliphatic heterocycles. The first-order chi connectivity index (χ1) is 19.0. The third-order valence-corrected chi connectivity index (χ3v) is 5.76. The van der Waals surface area contributed by atoms with Crippen molar-refractivity contribution >= 4 is 48.4 Å². The first-order valence-corrected chi connectivity index (χ1v) is 13.9. The topological polar surface area (TPSA) is 190 Å². The Bertz CT molecular complexity index is 818. The van der Waals surface area contributed by atoms with Gasteiger partial charge in [-0.3, -0.25) is 19.2 Å². The SMILES string of the molecule is CCCCCCCCCC(=O)NCCOCCOCCNC(=O)[C@H](Cc1cnc[nH]1)NC(=O)CNC(=O)CN.Cl.Cl. The average molecular weight is 627 g/mol. The van der Waals surface area contributed by atoms with Gasteiger partial charge in [-0.15, -0.1) is 24.8 Å². The summed E-state index contributed by atoms with van der Waals surface area (Å²) in [6.07, 6.45) is 12.1. The van der Waals surface area contributed by atoms with E-state index in [1.54, 1.807) is 6.20 Å². The van der Waals surface area contributed by atoms with Gasteiger partial charge < -0.3 is 41.5 Å². The molecule has 1 aromatic heterocycles. The monoisotopic (exact) mass is 625 g/mol. The standard InChI is InChI=1S/C26H47N7O6.2ClH/c1-2-3-4-5-6-7-8-9-23(34)29-10-12-38-14-15-39-13-11-30-26(37)22(16-21-18-28-20-32-21)33-25(36)19-31-24(35)17-27;;/h18,20,22H,2-17,19,27H2,1H3,(H,28,32)(H,29,34)(H,30,37)(H,31,35)(H,33,36);2*1H/t22-;;/m0../s1. The quantitative estimate of drug-likeness (QED) is 0.0907. The van der Waals surface area contributed by atoms with Crippen LogP contribution in [0.15, 0.2) is 12.5 Å². The molecule has 13 nitrogen and oxygen atoms in total. The number of imidazole rings is 1. The Labute approximate surface area is 255 Å². The van der Waals surface area contributed by atoms with Crippen LogP contribution in [0.2, 0.25) is 0 Å². The molecule has 1 heterocycles. The molecule has 1 atom stereocenters. The van der Waals surface area contributed by atoms with Gasteiger partial charge in [-0.05, 0) is 6.42 Å². The molecule has 0 aliphatic rings. The van der Waals surface area contributed by atoms with Gasteiger partial charge in [0.25, 0.3) is 0 Å². The molecule has 4 amide bonds. The number of ether oxygens (including phenoxy) is 2. The van der Waals surface area contributed by atoms with Gasteiger partial charge in [0.1, 0.15) is 6.04 Å². The van der Waals surface area contributed by atoms with E-state index in [-0.39, 0.29) is 63.4 Å². The highest BCUT2D eigenvalue weighted by atomic mass is 35.5. The minimum atomic E-state index is -0.864. The number of H-pyrrole nitrogens is 1. The van der Waals surface area contributed by atoms with Crippen LogP contribution in [0.1, 0.15) is 64.0 Å². The third-order valence-electron chi connectivity index (χ3n) is 5.76. The number of nitrogens with one attached hydrogen (secondary N) is 5. The second-order valence-corrected chi connectivity index (χ2v) is 9.12.